The Balaban J connectivity index is 1.74. The van der Waals surface area contributed by atoms with E-state index >= 15 is 0 Å². The minimum absolute atomic E-state index is 0.173. The number of aromatic nitrogens is 1. The van der Waals surface area contributed by atoms with Crippen molar-refractivity contribution in [3.63, 3.8) is 0 Å². The fourth-order valence-electron chi connectivity index (χ4n) is 2.05. The molecule has 21 heavy (non-hydrogen) atoms. The van der Waals surface area contributed by atoms with Crippen LogP contribution >= 0.6 is 11.3 Å². The maximum absolute atomic E-state index is 12.1. The van der Waals surface area contributed by atoms with Gasteiger partial charge in [-0.1, -0.05) is 18.2 Å². The number of rotatable bonds is 3. The number of ether oxygens (including phenoxy) is 1. The quantitative estimate of drug-likeness (QED) is 0.593. The number of para-hydroxylation sites is 1. The normalized spacial score (nSPS) is 10.7. The van der Waals surface area contributed by atoms with Crippen LogP contribution in [0.4, 0.5) is 5.69 Å². The first-order valence-corrected chi connectivity index (χ1v) is 7.33. The molecule has 0 amide bonds. The second-order valence-corrected chi connectivity index (χ2v) is 5.84. The number of hydrogen-bond donors (Lipinski definition) is 1. The van der Waals surface area contributed by atoms with Crippen LogP contribution in [0.5, 0.6) is 0 Å². The Labute approximate surface area is 126 Å². The number of benzene rings is 2. The zero-order chi connectivity index (χ0) is 14.8. The second kappa shape index (κ2) is 5.54. The maximum atomic E-state index is 12.1. The molecule has 2 aromatic carbocycles. The SMILES string of the molecule is Cc1ccc(N)cc1C(=O)OCc1nc2ccccc2s1. The first-order valence-electron chi connectivity index (χ1n) is 6.51. The van der Waals surface area contributed by atoms with Crippen LogP contribution in [0.25, 0.3) is 10.2 Å². The van der Waals surface area contributed by atoms with E-state index in [1.54, 1.807) is 12.1 Å². The number of thiazole rings is 1. The number of nitrogens with zero attached hydrogens (tertiary/aromatic N) is 1. The molecule has 106 valence electrons. The molecule has 2 N–H and O–H groups in total. The van der Waals surface area contributed by atoms with Gasteiger partial charge in [0, 0.05) is 5.69 Å². The van der Waals surface area contributed by atoms with E-state index in [1.165, 1.54) is 11.3 Å². The highest BCUT2D eigenvalue weighted by Gasteiger charge is 2.12. The lowest BCUT2D eigenvalue weighted by Gasteiger charge is -2.06. The van der Waals surface area contributed by atoms with Gasteiger partial charge in [-0.05, 0) is 36.8 Å². The molecule has 0 aliphatic carbocycles. The van der Waals surface area contributed by atoms with Crippen LogP contribution in [0.3, 0.4) is 0 Å². The van der Waals surface area contributed by atoms with Gasteiger partial charge in [-0.2, -0.15) is 0 Å². The number of carbonyl (C=O) groups is 1. The number of anilines is 1. The highest BCUT2D eigenvalue weighted by Crippen LogP contribution is 2.22. The number of nitrogen functional groups attached to an aromatic ring is 1. The minimum Gasteiger partial charge on any atom is -0.455 e. The van der Waals surface area contributed by atoms with E-state index in [4.69, 9.17) is 10.5 Å². The number of aryl methyl sites for hydroxylation is 1. The van der Waals surface area contributed by atoms with E-state index in [9.17, 15) is 4.79 Å². The third-order valence-corrected chi connectivity index (χ3v) is 4.16. The predicted octanol–water partition coefficient (Wildman–Crippen LogP) is 3.54. The minimum atomic E-state index is -0.376. The summed E-state index contributed by atoms with van der Waals surface area (Å²) in [6.45, 7) is 2.03. The predicted molar refractivity (Wildman–Crippen MR) is 84.3 cm³/mol. The van der Waals surface area contributed by atoms with Gasteiger partial charge in [-0.3, -0.25) is 0 Å². The van der Waals surface area contributed by atoms with Crippen molar-refractivity contribution in [1.82, 2.24) is 4.98 Å². The summed E-state index contributed by atoms with van der Waals surface area (Å²) in [5, 5.41) is 0.783. The Morgan fingerprint density at radius 2 is 2.10 bits per heavy atom. The van der Waals surface area contributed by atoms with Gasteiger partial charge in [-0.25, -0.2) is 9.78 Å². The van der Waals surface area contributed by atoms with Crippen molar-refractivity contribution in [2.24, 2.45) is 0 Å². The number of nitrogens with two attached hydrogens (primary N) is 1. The molecule has 0 aliphatic heterocycles. The Bertz CT molecular complexity index is 778. The average molecular weight is 298 g/mol. The van der Waals surface area contributed by atoms with Gasteiger partial charge < -0.3 is 10.5 Å². The fourth-order valence-corrected chi connectivity index (χ4v) is 2.93. The third kappa shape index (κ3) is 2.87. The van der Waals surface area contributed by atoms with E-state index in [1.807, 2.05) is 37.3 Å². The van der Waals surface area contributed by atoms with Gasteiger partial charge in [0.15, 0.2) is 0 Å². The summed E-state index contributed by atoms with van der Waals surface area (Å²) in [5.41, 5.74) is 8.52. The van der Waals surface area contributed by atoms with Crippen LogP contribution in [-0.4, -0.2) is 11.0 Å². The second-order valence-electron chi connectivity index (χ2n) is 4.73. The molecule has 0 unspecified atom stereocenters. The van der Waals surface area contributed by atoms with Crippen LogP contribution in [0.1, 0.15) is 20.9 Å². The highest BCUT2D eigenvalue weighted by molar-refractivity contribution is 7.18. The first kappa shape index (κ1) is 13.6. The van der Waals surface area contributed by atoms with Crippen molar-refractivity contribution in [3.05, 3.63) is 58.6 Å². The summed E-state index contributed by atoms with van der Waals surface area (Å²) in [5.74, 6) is -0.376. The molecular weight excluding hydrogens is 284 g/mol. The molecule has 0 spiro atoms. The van der Waals surface area contributed by atoms with Crippen LogP contribution in [-0.2, 0) is 11.3 Å². The van der Waals surface area contributed by atoms with E-state index in [0.717, 1.165) is 20.8 Å². The molecule has 0 saturated heterocycles. The standard InChI is InChI=1S/C16H14N2O2S/c1-10-6-7-11(17)8-12(10)16(19)20-9-15-18-13-4-2-3-5-14(13)21-15/h2-8H,9,17H2,1H3. The summed E-state index contributed by atoms with van der Waals surface area (Å²) < 4.78 is 6.42. The fraction of sp³-hybridized carbons (Fsp3) is 0.125. The smallest absolute Gasteiger partial charge is 0.338 e. The molecular formula is C16H14N2O2S. The van der Waals surface area contributed by atoms with E-state index in [0.29, 0.717) is 11.3 Å². The van der Waals surface area contributed by atoms with Crippen molar-refractivity contribution in [1.29, 1.82) is 0 Å². The van der Waals surface area contributed by atoms with Crippen molar-refractivity contribution in [3.8, 4) is 0 Å². The van der Waals surface area contributed by atoms with Crippen LogP contribution in [0.15, 0.2) is 42.5 Å². The number of carbonyl (C=O) groups excluding carboxylic acids is 1. The summed E-state index contributed by atoms with van der Waals surface area (Å²) >= 11 is 1.53. The summed E-state index contributed by atoms with van der Waals surface area (Å²) in [6, 6.07) is 13.1. The van der Waals surface area contributed by atoms with Crippen molar-refractivity contribution < 1.29 is 9.53 Å². The van der Waals surface area contributed by atoms with Crippen LogP contribution in [0, 0.1) is 6.92 Å². The molecule has 0 atom stereocenters. The molecule has 3 aromatic rings. The van der Waals surface area contributed by atoms with Crippen LogP contribution < -0.4 is 5.73 Å². The van der Waals surface area contributed by atoms with Gasteiger partial charge in [0.05, 0.1) is 15.8 Å². The van der Waals surface area contributed by atoms with E-state index in [-0.39, 0.29) is 12.6 Å². The van der Waals surface area contributed by atoms with Gasteiger partial charge in [0.25, 0.3) is 0 Å². The molecule has 5 heteroatoms. The molecule has 0 saturated carbocycles. The molecule has 4 nitrogen and oxygen atoms in total. The number of esters is 1. The van der Waals surface area contributed by atoms with E-state index < -0.39 is 0 Å². The Morgan fingerprint density at radius 3 is 2.90 bits per heavy atom. The topological polar surface area (TPSA) is 65.2 Å². The van der Waals surface area contributed by atoms with Crippen molar-refractivity contribution in [2.45, 2.75) is 13.5 Å². The van der Waals surface area contributed by atoms with Crippen molar-refractivity contribution >= 4 is 33.2 Å². The third-order valence-electron chi connectivity index (χ3n) is 3.15. The van der Waals surface area contributed by atoms with Gasteiger partial charge in [0.2, 0.25) is 0 Å². The lowest BCUT2D eigenvalue weighted by Crippen LogP contribution is -2.07. The van der Waals surface area contributed by atoms with Crippen molar-refractivity contribution in [2.75, 3.05) is 5.73 Å². The zero-order valence-corrected chi connectivity index (χ0v) is 12.3. The maximum Gasteiger partial charge on any atom is 0.338 e. The summed E-state index contributed by atoms with van der Waals surface area (Å²) in [6.07, 6.45) is 0. The Kier molecular flexibility index (Phi) is 3.58. The summed E-state index contributed by atoms with van der Waals surface area (Å²) in [7, 11) is 0. The number of fused-ring (bicyclic) bond motifs is 1. The molecule has 0 fully saturated rings. The van der Waals surface area contributed by atoms with Gasteiger partial charge in [-0.15, -0.1) is 11.3 Å². The molecule has 3 rings (SSSR count). The van der Waals surface area contributed by atoms with Crippen LogP contribution in [0.2, 0.25) is 0 Å². The monoisotopic (exact) mass is 298 g/mol. The zero-order valence-electron chi connectivity index (χ0n) is 11.5. The lowest BCUT2D eigenvalue weighted by molar-refractivity contribution is 0.0472. The van der Waals surface area contributed by atoms with E-state index in [2.05, 4.69) is 4.98 Å². The molecule has 1 heterocycles. The molecule has 1 aromatic heterocycles. The average Bonchev–Trinajstić information content (AvgIpc) is 2.90. The Morgan fingerprint density at radius 1 is 1.29 bits per heavy atom. The largest absolute Gasteiger partial charge is 0.455 e. The lowest BCUT2D eigenvalue weighted by atomic mass is 10.1. The first-order chi connectivity index (χ1) is 10.1. The van der Waals surface area contributed by atoms with Gasteiger partial charge >= 0.3 is 5.97 Å². The molecule has 0 aliphatic rings. The summed E-state index contributed by atoms with van der Waals surface area (Å²) in [4.78, 5) is 16.5. The highest BCUT2D eigenvalue weighted by atomic mass is 32.1. The molecule has 0 bridgehead atoms. The number of hydrogen-bond acceptors (Lipinski definition) is 5. The van der Waals surface area contributed by atoms with Gasteiger partial charge in [0.1, 0.15) is 11.6 Å². The Hall–Kier alpha value is -2.40. The molecule has 0 radical (unpaired) electrons.